The SMILES string of the molecule is CCOc1cccc(S(=O)(=O)N[C@@H]2CCCNC2)c1.Cl. The molecule has 0 aromatic heterocycles. The number of hydrogen-bond acceptors (Lipinski definition) is 4. The van der Waals surface area contributed by atoms with E-state index >= 15 is 0 Å². The summed E-state index contributed by atoms with van der Waals surface area (Å²) in [4.78, 5) is 0.254. The maximum atomic E-state index is 12.3. The Bertz CT molecular complexity index is 516. The molecule has 114 valence electrons. The highest BCUT2D eigenvalue weighted by atomic mass is 35.5. The second kappa shape index (κ2) is 7.83. The van der Waals surface area contributed by atoms with Gasteiger partial charge in [-0.15, -0.1) is 12.4 Å². The van der Waals surface area contributed by atoms with Gasteiger partial charge in [-0.25, -0.2) is 13.1 Å². The summed E-state index contributed by atoms with van der Waals surface area (Å²) < 4.78 is 32.6. The largest absolute Gasteiger partial charge is 0.494 e. The number of halogens is 1. The minimum Gasteiger partial charge on any atom is -0.494 e. The topological polar surface area (TPSA) is 67.4 Å². The van der Waals surface area contributed by atoms with E-state index in [1.165, 1.54) is 0 Å². The molecule has 0 aliphatic carbocycles. The minimum absolute atomic E-state index is 0. The van der Waals surface area contributed by atoms with Crippen LogP contribution in [0.4, 0.5) is 0 Å². The third-order valence-electron chi connectivity index (χ3n) is 3.05. The van der Waals surface area contributed by atoms with Crippen LogP contribution in [0.15, 0.2) is 29.2 Å². The molecule has 1 fully saturated rings. The summed E-state index contributed by atoms with van der Waals surface area (Å²) in [5, 5.41) is 3.19. The van der Waals surface area contributed by atoms with Gasteiger partial charge in [0.2, 0.25) is 10.0 Å². The van der Waals surface area contributed by atoms with E-state index in [-0.39, 0.29) is 23.3 Å². The molecule has 1 heterocycles. The maximum Gasteiger partial charge on any atom is 0.240 e. The first-order valence-corrected chi connectivity index (χ1v) is 8.06. The fourth-order valence-corrected chi connectivity index (χ4v) is 3.44. The van der Waals surface area contributed by atoms with Gasteiger partial charge in [0.05, 0.1) is 11.5 Å². The zero-order valence-electron chi connectivity index (χ0n) is 11.5. The van der Waals surface area contributed by atoms with Crippen molar-refractivity contribution in [3.63, 3.8) is 0 Å². The van der Waals surface area contributed by atoms with Crippen molar-refractivity contribution in [2.24, 2.45) is 0 Å². The van der Waals surface area contributed by atoms with E-state index in [9.17, 15) is 8.42 Å². The number of sulfonamides is 1. The zero-order valence-corrected chi connectivity index (χ0v) is 13.1. The highest BCUT2D eigenvalue weighted by molar-refractivity contribution is 7.89. The van der Waals surface area contributed by atoms with Gasteiger partial charge in [-0.05, 0) is 38.4 Å². The summed E-state index contributed by atoms with van der Waals surface area (Å²) in [6.07, 6.45) is 1.86. The summed E-state index contributed by atoms with van der Waals surface area (Å²) in [5.41, 5.74) is 0. The Balaban J connectivity index is 0.00000200. The van der Waals surface area contributed by atoms with Gasteiger partial charge in [0.25, 0.3) is 0 Å². The zero-order chi connectivity index (χ0) is 13.7. The number of rotatable bonds is 5. The Morgan fingerprint density at radius 2 is 2.25 bits per heavy atom. The van der Waals surface area contributed by atoms with Crippen LogP contribution >= 0.6 is 12.4 Å². The minimum atomic E-state index is -3.47. The van der Waals surface area contributed by atoms with Crippen LogP contribution in [0.25, 0.3) is 0 Å². The quantitative estimate of drug-likeness (QED) is 0.863. The van der Waals surface area contributed by atoms with Crippen LogP contribution in [0, 0.1) is 0 Å². The van der Waals surface area contributed by atoms with Crippen LogP contribution in [-0.2, 0) is 10.0 Å². The number of nitrogens with one attached hydrogen (secondary N) is 2. The molecule has 0 radical (unpaired) electrons. The van der Waals surface area contributed by atoms with Crippen molar-refractivity contribution in [3.05, 3.63) is 24.3 Å². The average Bonchev–Trinajstić information content (AvgIpc) is 2.40. The van der Waals surface area contributed by atoms with Crippen LogP contribution < -0.4 is 14.8 Å². The van der Waals surface area contributed by atoms with E-state index in [0.29, 0.717) is 18.9 Å². The second-order valence-corrected chi connectivity index (χ2v) is 6.29. The molecule has 1 aromatic rings. The molecule has 0 saturated carbocycles. The molecule has 20 heavy (non-hydrogen) atoms. The first-order valence-electron chi connectivity index (χ1n) is 6.58. The van der Waals surface area contributed by atoms with Gasteiger partial charge in [-0.1, -0.05) is 6.07 Å². The van der Waals surface area contributed by atoms with Crippen molar-refractivity contribution < 1.29 is 13.2 Å². The lowest BCUT2D eigenvalue weighted by Gasteiger charge is -2.23. The van der Waals surface area contributed by atoms with Crippen LogP contribution in [0.5, 0.6) is 5.75 Å². The van der Waals surface area contributed by atoms with Gasteiger partial charge in [0.1, 0.15) is 5.75 Å². The lowest BCUT2D eigenvalue weighted by atomic mass is 10.1. The molecule has 1 saturated heterocycles. The molecule has 1 aliphatic rings. The fraction of sp³-hybridized carbons (Fsp3) is 0.538. The van der Waals surface area contributed by atoms with Crippen molar-refractivity contribution in [1.82, 2.24) is 10.0 Å². The van der Waals surface area contributed by atoms with Gasteiger partial charge in [-0.2, -0.15) is 0 Å². The third kappa shape index (κ3) is 4.63. The second-order valence-electron chi connectivity index (χ2n) is 4.57. The number of benzene rings is 1. The van der Waals surface area contributed by atoms with Gasteiger partial charge < -0.3 is 10.1 Å². The maximum absolute atomic E-state index is 12.3. The van der Waals surface area contributed by atoms with E-state index < -0.39 is 10.0 Å². The number of ether oxygens (including phenoxy) is 1. The molecule has 7 heteroatoms. The Labute approximate surface area is 126 Å². The standard InChI is InChI=1S/C13H20N2O3S.ClH/c1-2-18-12-6-3-7-13(9-12)19(16,17)15-11-5-4-8-14-10-11;/h3,6-7,9,11,14-15H,2,4-5,8,10H2,1H3;1H/t11-;/m1./s1. The van der Waals surface area contributed by atoms with Crippen molar-refractivity contribution in [2.75, 3.05) is 19.7 Å². The van der Waals surface area contributed by atoms with Gasteiger partial charge >= 0.3 is 0 Å². The number of piperidine rings is 1. The summed E-state index contributed by atoms with van der Waals surface area (Å²) in [6.45, 7) is 4.03. The molecule has 1 aromatic carbocycles. The Kier molecular flexibility index (Phi) is 6.75. The Hall–Kier alpha value is -0.820. The van der Waals surface area contributed by atoms with E-state index in [1.54, 1.807) is 24.3 Å². The molecule has 1 aliphatic heterocycles. The monoisotopic (exact) mass is 320 g/mol. The summed E-state index contributed by atoms with van der Waals surface area (Å²) in [7, 11) is -3.47. The first kappa shape index (κ1) is 17.2. The predicted octanol–water partition coefficient (Wildman–Crippen LogP) is 1.54. The summed E-state index contributed by atoms with van der Waals surface area (Å²) in [6, 6.07) is 6.56. The van der Waals surface area contributed by atoms with Crippen LogP contribution in [0.1, 0.15) is 19.8 Å². The van der Waals surface area contributed by atoms with Gasteiger partial charge in [-0.3, -0.25) is 0 Å². The van der Waals surface area contributed by atoms with E-state index in [1.807, 2.05) is 6.92 Å². The summed E-state index contributed by atoms with van der Waals surface area (Å²) >= 11 is 0. The predicted molar refractivity (Wildman–Crippen MR) is 81.1 cm³/mol. The van der Waals surface area contributed by atoms with Gasteiger partial charge in [0, 0.05) is 18.7 Å². The smallest absolute Gasteiger partial charge is 0.240 e. The van der Waals surface area contributed by atoms with Crippen molar-refractivity contribution in [2.45, 2.75) is 30.7 Å². The van der Waals surface area contributed by atoms with Crippen LogP contribution in [0.3, 0.4) is 0 Å². The molecule has 0 bridgehead atoms. The molecule has 0 spiro atoms. The highest BCUT2D eigenvalue weighted by Gasteiger charge is 2.21. The highest BCUT2D eigenvalue weighted by Crippen LogP contribution is 2.18. The third-order valence-corrected chi connectivity index (χ3v) is 4.56. The fourth-order valence-electron chi connectivity index (χ4n) is 2.14. The average molecular weight is 321 g/mol. The lowest BCUT2D eigenvalue weighted by molar-refractivity contribution is 0.339. The summed E-state index contributed by atoms with van der Waals surface area (Å²) in [5.74, 6) is 0.576. The van der Waals surface area contributed by atoms with Crippen LogP contribution in [-0.4, -0.2) is 34.2 Å². The van der Waals surface area contributed by atoms with Crippen molar-refractivity contribution in [1.29, 1.82) is 0 Å². The van der Waals surface area contributed by atoms with Crippen LogP contribution in [0.2, 0.25) is 0 Å². The molecular formula is C13H21ClN2O3S. The van der Waals surface area contributed by atoms with Crippen molar-refractivity contribution >= 4 is 22.4 Å². The van der Waals surface area contributed by atoms with E-state index in [4.69, 9.17) is 4.74 Å². The molecule has 2 N–H and O–H groups in total. The molecule has 1 atom stereocenters. The lowest BCUT2D eigenvalue weighted by Crippen LogP contribution is -2.45. The Morgan fingerprint density at radius 3 is 2.90 bits per heavy atom. The normalized spacial score (nSPS) is 19.1. The van der Waals surface area contributed by atoms with Crippen molar-refractivity contribution in [3.8, 4) is 5.75 Å². The molecular weight excluding hydrogens is 300 g/mol. The Morgan fingerprint density at radius 1 is 1.45 bits per heavy atom. The van der Waals surface area contributed by atoms with Gasteiger partial charge in [0.15, 0.2) is 0 Å². The van der Waals surface area contributed by atoms with E-state index in [2.05, 4.69) is 10.0 Å². The molecule has 5 nitrogen and oxygen atoms in total. The molecule has 0 unspecified atom stereocenters. The molecule has 2 rings (SSSR count). The molecule has 0 amide bonds. The first-order chi connectivity index (χ1) is 9.12. The van der Waals surface area contributed by atoms with E-state index in [0.717, 1.165) is 19.4 Å². The number of hydrogen-bond donors (Lipinski definition) is 2.